The molecule has 3 rings (SSSR count). The van der Waals surface area contributed by atoms with Gasteiger partial charge in [0, 0.05) is 31.0 Å². The first-order valence-electron chi connectivity index (χ1n) is 10.3. The van der Waals surface area contributed by atoms with Crippen LogP contribution in [0.15, 0.2) is 55.1 Å². The lowest BCUT2D eigenvalue weighted by atomic mass is 10.1. The van der Waals surface area contributed by atoms with Crippen molar-refractivity contribution in [3.05, 3.63) is 60.7 Å². The normalized spacial score (nSPS) is 9.81. The summed E-state index contributed by atoms with van der Waals surface area (Å²) in [5, 5.41) is 8.69. The van der Waals surface area contributed by atoms with Crippen LogP contribution < -0.4 is 20.7 Å². The summed E-state index contributed by atoms with van der Waals surface area (Å²) in [5.41, 5.74) is 3.16. The highest BCUT2D eigenvalue weighted by Crippen LogP contribution is 2.30. The van der Waals surface area contributed by atoms with E-state index in [-0.39, 0.29) is 6.03 Å². The Balaban J connectivity index is 0.00000107. The number of anilines is 2. The summed E-state index contributed by atoms with van der Waals surface area (Å²) < 4.78 is 5.41. The molecule has 0 aliphatic heterocycles. The second kappa shape index (κ2) is 12.8. The molecule has 0 radical (unpaired) electrons. The van der Waals surface area contributed by atoms with Crippen LogP contribution in [0.2, 0.25) is 0 Å². The van der Waals surface area contributed by atoms with E-state index in [2.05, 4.69) is 44.7 Å². The summed E-state index contributed by atoms with van der Waals surface area (Å²) in [5.74, 6) is 1.20. The van der Waals surface area contributed by atoms with E-state index in [1.54, 1.807) is 38.0 Å². The van der Waals surface area contributed by atoms with Gasteiger partial charge in [-0.3, -0.25) is 9.97 Å². The lowest BCUT2D eigenvalue weighted by molar-refractivity contribution is 0.252. The molecule has 0 aliphatic rings. The van der Waals surface area contributed by atoms with E-state index >= 15 is 0 Å². The van der Waals surface area contributed by atoms with Crippen molar-refractivity contribution in [1.82, 2.24) is 20.3 Å². The van der Waals surface area contributed by atoms with E-state index in [1.807, 2.05) is 31.2 Å². The van der Waals surface area contributed by atoms with Crippen molar-refractivity contribution >= 4 is 17.5 Å². The SMILES string of the molecule is CCC.CCNC(=O)Nc1ccc(-c2cncc(NCc3cccnc3)n2)cc1OC. The molecule has 2 aromatic heterocycles. The minimum Gasteiger partial charge on any atom is -0.495 e. The minimum absolute atomic E-state index is 0.282. The molecule has 8 nitrogen and oxygen atoms in total. The summed E-state index contributed by atoms with van der Waals surface area (Å²) in [7, 11) is 1.56. The van der Waals surface area contributed by atoms with Gasteiger partial charge in [-0.2, -0.15) is 0 Å². The summed E-state index contributed by atoms with van der Waals surface area (Å²) in [6.07, 6.45) is 8.14. The Labute approximate surface area is 183 Å². The molecule has 0 aliphatic carbocycles. The first-order valence-corrected chi connectivity index (χ1v) is 10.3. The van der Waals surface area contributed by atoms with Gasteiger partial charge in [-0.1, -0.05) is 32.4 Å². The predicted molar refractivity (Wildman–Crippen MR) is 124 cm³/mol. The van der Waals surface area contributed by atoms with Crippen molar-refractivity contribution in [1.29, 1.82) is 0 Å². The van der Waals surface area contributed by atoms with Crippen LogP contribution in [0, 0.1) is 0 Å². The summed E-state index contributed by atoms with van der Waals surface area (Å²) in [4.78, 5) is 24.7. The molecule has 3 N–H and O–H groups in total. The number of ether oxygens (including phenoxy) is 1. The molecule has 0 atom stereocenters. The van der Waals surface area contributed by atoms with Gasteiger partial charge in [0.15, 0.2) is 0 Å². The van der Waals surface area contributed by atoms with Gasteiger partial charge in [0.1, 0.15) is 11.6 Å². The van der Waals surface area contributed by atoms with Crippen molar-refractivity contribution < 1.29 is 9.53 Å². The smallest absolute Gasteiger partial charge is 0.319 e. The largest absolute Gasteiger partial charge is 0.495 e. The van der Waals surface area contributed by atoms with Gasteiger partial charge >= 0.3 is 6.03 Å². The second-order valence-corrected chi connectivity index (χ2v) is 6.61. The number of carbonyl (C=O) groups excluding carboxylic acids is 1. The van der Waals surface area contributed by atoms with Crippen molar-refractivity contribution in [2.24, 2.45) is 0 Å². The summed E-state index contributed by atoms with van der Waals surface area (Å²) >= 11 is 0. The van der Waals surface area contributed by atoms with E-state index < -0.39 is 0 Å². The number of nitrogens with zero attached hydrogens (tertiary/aromatic N) is 3. The number of amides is 2. The number of pyridine rings is 1. The quantitative estimate of drug-likeness (QED) is 0.509. The molecule has 0 bridgehead atoms. The first kappa shape index (κ1) is 23.6. The second-order valence-electron chi connectivity index (χ2n) is 6.61. The van der Waals surface area contributed by atoms with Crippen molar-refractivity contribution in [3.63, 3.8) is 0 Å². The average Bonchev–Trinajstić information content (AvgIpc) is 2.79. The maximum absolute atomic E-state index is 11.8. The van der Waals surface area contributed by atoms with E-state index in [0.717, 1.165) is 11.1 Å². The van der Waals surface area contributed by atoms with Gasteiger partial charge in [-0.05, 0) is 30.7 Å². The van der Waals surface area contributed by atoms with Crippen LogP contribution in [-0.4, -0.2) is 34.6 Å². The van der Waals surface area contributed by atoms with Crippen molar-refractivity contribution in [2.75, 3.05) is 24.3 Å². The fourth-order valence-corrected chi connectivity index (χ4v) is 2.57. The fraction of sp³-hybridized carbons (Fsp3) is 0.304. The topological polar surface area (TPSA) is 101 Å². The Bertz CT molecular complexity index is 950. The maximum atomic E-state index is 11.8. The number of carbonyl (C=O) groups is 1. The zero-order chi connectivity index (χ0) is 22.5. The van der Waals surface area contributed by atoms with Gasteiger partial charge in [0.05, 0.1) is 30.9 Å². The molecule has 1 aromatic carbocycles. The third-order valence-corrected chi connectivity index (χ3v) is 3.91. The Kier molecular flexibility index (Phi) is 9.74. The number of methoxy groups -OCH3 is 1. The number of rotatable bonds is 7. The van der Waals surface area contributed by atoms with Gasteiger partial charge in [0.25, 0.3) is 0 Å². The molecule has 8 heteroatoms. The van der Waals surface area contributed by atoms with Gasteiger partial charge < -0.3 is 20.7 Å². The molecule has 2 amide bonds. The molecule has 0 unspecified atom stereocenters. The third kappa shape index (κ3) is 7.58. The van der Waals surface area contributed by atoms with Crippen LogP contribution in [-0.2, 0) is 6.54 Å². The van der Waals surface area contributed by atoms with Crippen molar-refractivity contribution in [2.45, 2.75) is 33.7 Å². The average molecular weight is 423 g/mol. The molecule has 164 valence electrons. The maximum Gasteiger partial charge on any atom is 0.319 e. The third-order valence-electron chi connectivity index (χ3n) is 3.91. The van der Waals surface area contributed by atoms with Crippen molar-refractivity contribution in [3.8, 4) is 17.0 Å². The van der Waals surface area contributed by atoms with E-state index in [0.29, 0.717) is 36.0 Å². The first-order chi connectivity index (χ1) is 15.1. The number of urea groups is 1. The molecule has 3 aromatic rings. The van der Waals surface area contributed by atoms with Crippen LogP contribution in [0.4, 0.5) is 16.3 Å². The summed E-state index contributed by atoms with van der Waals surface area (Å²) in [6, 6.07) is 9.05. The molecule has 0 saturated carbocycles. The number of benzene rings is 1. The van der Waals surface area contributed by atoms with Crippen LogP contribution in [0.5, 0.6) is 5.75 Å². The Hall–Kier alpha value is -3.68. The monoisotopic (exact) mass is 422 g/mol. The van der Waals surface area contributed by atoms with Gasteiger partial charge in [0.2, 0.25) is 0 Å². The molecule has 0 saturated heterocycles. The van der Waals surface area contributed by atoms with Gasteiger partial charge in [-0.25, -0.2) is 9.78 Å². The fourth-order valence-electron chi connectivity index (χ4n) is 2.57. The Morgan fingerprint density at radius 3 is 2.55 bits per heavy atom. The minimum atomic E-state index is -0.282. The molecule has 0 fully saturated rings. The van der Waals surface area contributed by atoms with Crippen LogP contribution in [0.3, 0.4) is 0 Å². The molecule has 31 heavy (non-hydrogen) atoms. The molecule has 0 spiro atoms. The van der Waals surface area contributed by atoms with E-state index in [4.69, 9.17) is 4.74 Å². The predicted octanol–water partition coefficient (Wildman–Crippen LogP) is 4.72. The Morgan fingerprint density at radius 2 is 1.87 bits per heavy atom. The number of hydrogen-bond donors (Lipinski definition) is 3. The van der Waals surface area contributed by atoms with Gasteiger partial charge in [-0.15, -0.1) is 0 Å². The number of nitrogens with one attached hydrogen (secondary N) is 3. The van der Waals surface area contributed by atoms with Crippen LogP contribution in [0.1, 0.15) is 32.8 Å². The highest BCUT2D eigenvalue weighted by atomic mass is 16.5. The molecular weight excluding hydrogens is 392 g/mol. The van der Waals surface area contributed by atoms with E-state index in [9.17, 15) is 4.79 Å². The lowest BCUT2D eigenvalue weighted by Crippen LogP contribution is -2.28. The Morgan fingerprint density at radius 1 is 1.06 bits per heavy atom. The highest BCUT2D eigenvalue weighted by Gasteiger charge is 2.10. The lowest BCUT2D eigenvalue weighted by Gasteiger charge is -2.12. The zero-order valence-corrected chi connectivity index (χ0v) is 18.5. The highest BCUT2D eigenvalue weighted by molar-refractivity contribution is 5.91. The van der Waals surface area contributed by atoms with Crippen LogP contribution >= 0.6 is 0 Å². The van der Waals surface area contributed by atoms with Crippen LogP contribution in [0.25, 0.3) is 11.3 Å². The zero-order valence-electron chi connectivity index (χ0n) is 18.5. The number of aromatic nitrogens is 3. The molecular formula is C23H30N6O2. The standard InChI is InChI=1S/C20H22N6O2.C3H8/c1-3-23-20(27)26-16-7-6-15(9-18(16)28-2)17-12-22-13-19(25-17)24-11-14-5-4-8-21-10-14;1-3-2/h4-10,12-13H,3,11H2,1-2H3,(H,24,25)(H2,23,26,27);3H2,1-2H3. The number of hydrogen-bond acceptors (Lipinski definition) is 6. The van der Waals surface area contributed by atoms with E-state index in [1.165, 1.54) is 6.42 Å². The molecule has 2 heterocycles. The summed E-state index contributed by atoms with van der Waals surface area (Å²) in [6.45, 7) is 7.25.